The first-order valence-corrected chi connectivity index (χ1v) is 9.12. The number of hydrogen-bond donors (Lipinski definition) is 1. The van der Waals surface area contributed by atoms with Gasteiger partial charge in [-0.15, -0.1) is 0 Å². The zero-order valence-electron chi connectivity index (χ0n) is 15.3. The highest BCUT2D eigenvalue weighted by molar-refractivity contribution is 5.94. The van der Waals surface area contributed by atoms with Crippen LogP contribution in [0, 0.1) is 0 Å². The summed E-state index contributed by atoms with van der Waals surface area (Å²) in [4.78, 5) is 24.5. The molecule has 1 aromatic carbocycles. The van der Waals surface area contributed by atoms with E-state index in [-0.39, 0.29) is 5.91 Å². The lowest BCUT2D eigenvalue weighted by Gasteiger charge is -2.31. The number of H-pyrrole nitrogens is 1. The molecule has 0 bridgehead atoms. The Balaban J connectivity index is 1.41. The number of carbonyl (C=O) groups excluding carboxylic acids is 1. The van der Waals surface area contributed by atoms with Gasteiger partial charge in [0.1, 0.15) is 5.82 Å². The van der Waals surface area contributed by atoms with Gasteiger partial charge in [-0.2, -0.15) is 0 Å². The van der Waals surface area contributed by atoms with Gasteiger partial charge in [0.25, 0.3) is 5.91 Å². The Morgan fingerprint density at radius 3 is 2.58 bits per heavy atom. The number of hydrogen-bond acceptors (Lipinski definition) is 3. The van der Waals surface area contributed by atoms with Gasteiger partial charge in [0.15, 0.2) is 0 Å². The molecule has 1 aliphatic heterocycles. The summed E-state index contributed by atoms with van der Waals surface area (Å²) >= 11 is 0. The summed E-state index contributed by atoms with van der Waals surface area (Å²) in [6.45, 7) is 1.57. The number of carbonyl (C=O) groups is 1. The number of benzene rings is 1. The van der Waals surface area contributed by atoms with E-state index in [1.807, 2.05) is 36.0 Å². The van der Waals surface area contributed by atoms with Crippen LogP contribution < -0.4 is 4.90 Å². The van der Waals surface area contributed by atoms with E-state index in [1.165, 1.54) is 16.6 Å². The first-order valence-electron chi connectivity index (χ1n) is 9.12. The van der Waals surface area contributed by atoms with Crippen molar-refractivity contribution in [3.8, 4) is 0 Å². The molecule has 0 spiro atoms. The van der Waals surface area contributed by atoms with E-state index in [1.54, 1.807) is 6.20 Å². The summed E-state index contributed by atoms with van der Waals surface area (Å²) in [7, 11) is 3.89. The number of aromatic nitrogens is 2. The number of para-hydroxylation sites is 1. The number of nitrogens with one attached hydrogen (secondary N) is 1. The molecule has 0 atom stereocenters. The second-order valence-corrected chi connectivity index (χ2v) is 7.18. The normalized spacial score (nSPS) is 15.4. The smallest absolute Gasteiger partial charge is 0.255 e. The van der Waals surface area contributed by atoms with Gasteiger partial charge in [0, 0.05) is 50.5 Å². The van der Waals surface area contributed by atoms with Crippen molar-refractivity contribution in [2.45, 2.75) is 18.8 Å². The van der Waals surface area contributed by atoms with Crippen LogP contribution in [0.5, 0.6) is 0 Å². The predicted molar refractivity (Wildman–Crippen MR) is 105 cm³/mol. The number of pyridine rings is 1. The molecule has 5 nitrogen and oxygen atoms in total. The van der Waals surface area contributed by atoms with Crippen LogP contribution >= 0.6 is 0 Å². The lowest BCUT2D eigenvalue weighted by molar-refractivity contribution is 0.0712. The number of piperidine rings is 1. The molecular formula is C21H24N4O. The third kappa shape index (κ3) is 3.17. The highest BCUT2D eigenvalue weighted by Crippen LogP contribution is 2.30. The Morgan fingerprint density at radius 1 is 1.15 bits per heavy atom. The number of rotatable bonds is 3. The monoisotopic (exact) mass is 348 g/mol. The van der Waals surface area contributed by atoms with Gasteiger partial charge < -0.3 is 14.8 Å². The maximum atomic E-state index is 12.7. The number of likely N-dealkylation sites (tertiary alicyclic amines) is 1. The van der Waals surface area contributed by atoms with Gasteiger partial charge >= 0.3 is 0 Å². The van der Waals surface area contributed by atoms with Crippen molar-refractivity contribution < 1.29 is 4.79 Å². The molecular weight excluding hydrogens is 324 g/mol. The van der Waals surface area contributed by atoms with Crippen molar-refractivity contribution in [2.24, 2.45) is 0 Å². The summed E-state index contributed by atoms with van der Waals surface area (Å²) in [5.41, 5.74) is 3.14. The third-order valence-electron chi connectivity index (χ3n) is 5.23. The van der Waals surface area contributed by atoms with Crippen LogP contribution in [-0.2, 0) is 0 Å². The quantitative estimate of drug-likeness (QED) is 0.786. The minimum absolute atomic E-state index is 0.0814. The molecule has 0 radical (unpaired) electrons. The molecule has 1 fully saturated rings. The Bertz CT molecular complexity index is 872. The Hall–Kier alpha value is -2.82. The largest absolute Gasteiger partial charge is 0.363 e. The molecule has 4 rings (SSSR count). The zero-order chi connectivity index (χ0) is 18.1. The molecule has 134 valence electrons. The van der Waals surface area contributed by atoms with Crippen LogP contribution in [0.2, 0.25) is 0 Å². The molecule has 0 unspecified atom stereocenters. The number of nitrogens with zero attached hydrogens (tertiary/aromatic N) is 3. The van der Waals surface area contributed by atoms with Crippen molar-refractivity contribution in [3.63, 3.8) is 0 Å². The predicted octanol–water partition coefficient (Wildman–Crippen LogP) is 3.65. The molecule has 1 N–H and O–H groups in total. The first-order chi connectivity index (χ1) is 12.6. The van der Waals surface area contributed by atoms with Crippen LogP contribution in [0.15, 0.2) is 48.7 Å². The fourth-order valence-corrected chi connectivity index (χ4v) is 3.67. The van der Waals surface area contributed by atoms with Gasteiger partial charge in [-0.1, -0.05) is 18.2 Å². The molecule has 1 aliphatic rings. The van der Waals surface area contributed by atoms with E-state index in [0.717, 1.165) is 31.7 Å². The van der Waals surface area contributed by atoms with Crippen LogP contribution in [-0.4, -0.2) is 48.0 Å². The summed E-state index contributed by atoms with van der Waals surface area (Å²) in [5.74, 6) is 1.43. The topological polar surface area (TPSA) is 52.2 Å². The highest BCUT2D eigenvalue weighted by atomic mass is 16.2. The van der Waals surface area contributed by atoms with Crippen LogP contribution in [0.3, 0.4) is 0 Å². The van der Waals surface area contributed by atoms with E-state index in [9.17, 15) is 4.79 Å². The molecule has 1 amide bonds. The average molecular weight is 348 g/mol. The number of anilines is 1. The maximum absolute atomic E-state index is 12.7. The van der Waals surface area contributed by atoms with Crippen molar-refractivity contribution in [3.05, 3.63) is 59.9 Å². The molecule has 2 aromatic heterocycles. The van der Waals surface area contributed by atoms with Crippen molar-refractivity contribution in [2.75, 3.05) is 32.1 Å². The lowest BCUT2D eigenvalue weighted by Crippen LogP contribution is -2.38. The second kappa shape index (κ2) is 6.83. The van der Waals surface area contributed by atoms with E-state index >= 15 is 0 Å². The summed E-state index contributed by atoms with van der Waals surface area (Å²) in [6, 6.07) is 14.4. The number of aromatic amines is 1. The third-order valence-corrected chi connectivity index (χ3v) is 5.23. The van der Waals surface area contributed by atoms with Crippen molar-refractivity contribution >= 4 is 22.6 Å². The van der Waals surface area contributed by atoms with Crippen molar-refractivity contribution in [1.82, 2.24) is 14.9 Å². The average Bonchev–Trinajstić information content (AvgIpc) is 3.12. The fourth-order valence-electron chi connectivity index (χ4n) is 3.67. The van der Waals surface area contributed by atoms with Crippen LogP contribution in [0.4, 0.5) is 5.82 Å². The standard InChI is InChI=1S/C21H24N4O/c1-24(2)20-8-7-17(14-22-20)21(26)25-11-9-15(10-12-25)19-13-16-5-3-4-6-18(16)23-19/h3-8,13-15,23H,9-12H2,1-2H3. The zero-order valence-corrected chi connectivity index (χ0v) is 15.3. The Labute approximate surface area is 153 Å². The van der Waals surface area contributed by atoms with Gasteiger partial charge in [0.2, 0.25) is 0 Å². The summed E-state index contributed by atoms with van der Waals surface area (Å²) in [6.07, 6.45) is 3.66. The van der Waals surface area contributed by atoms with Gasteiger partial charge in [-0.25, -0.2) is 4.98 Å². The molecule has 5 heteroatoms. The molecule has 0 saturated carbocycles. The molecule has 1 saturated heterocycles. The fraction of sp³-hybridized carbons (Fsp3) is 0.333. The summed E-state index contributed by atoms with van der Waals surface area (Å²) in [5, 5.41) is 1.26. The first kappa shape index (κ1) is 16.6. The number of fused-ring (bicyclic) bond motifs is 1. The van der Waals surface area contributed by atoms with E-state index in [2.05, 4.69) is 40.3 Å². The van der Waals surface area contributed by atoms with Crippen molar-refractivity contribution in [1.29, 1.82) is 0 Å². The molecule has 26 heavy (non-hydrogen) atoms. The number of amides is 1. The highest BCUT2D eigenvalue weighted by Gasteiger charge is 2.25. The van der Waals surface area contributed by atoms with E-state index in [4.69, 9.17) is 0 Å². The minimum atomic E-state index is 0.0814. The van der Waals surface area contributed by atoms with E-state index < -0.39 is 0 Å². The Kier molecular flexibility index (Phi) is 4.37. The molecule has 0 aliphatic carbocycles. The van der Waals surface area contributed by atoms with Gasteiger partial charge in [-0.05, 0) is 42.5 Å². The van der Waals surface area contributed by atoms with Gasteiger partial charge in [0.05, 0.1) is 5.56 Å². The Morgan fingerprint density at radius 2 is 1.92 bits per heavy atom. The second-order valence-electron chi connectivity index (χ2n) is 7.18. The van der Waals surface area contributed by atoms with Crippen LogP contribution in [0.25, 0.3) is 10.9 Å². The van der Waals surface area contributed by atoms with Crippen LogP contribution in [0.1, 0.15) is 34.8 Å². The SMILES string of the molecule is CN(C)c1ccc(C(=O)N2CCC(c3cc4ccccc4[nH]3)CC2)cn1. The molecule has 3 heterocycles. The summed E-state index contributed by atoms with van der Waals surface area (Å²) < 4.78 is 0. The lowest BCUT2D eigenvalue weighted by atomic mass is 9.93. The maximum Gasteiger partial charge on any atom is 0.255 e. The van der Waals surface area contributed by atoms with Gasteiger partial charge in [-0.3, -0.25) is 4.79 Å². The minimum Gasteiger partial charge on any atom is -0.363 e. The molecule has 3 aromatic rings. The van der Waals surface area contributed by atoms with E-state index in [0.29, 0.717) is 11.5 Å².